The minimum absolute atomic E-state index is 0. The molecule has 0 unspecified atom stereocenters. The molecule has 0 radical (unpaired) electrons. The van der Waals surface area contributed by atoms with Crippen LogP contribution in [0.4, 0.5) is 5.69 Å². The number of benzene rings is 1. The van der Waals surface area contributed by atoms with Crippen molar-refractivity contribution in [1.82, 2.24) is 10.5 Å². The largest absolute Gasteiger partial charge is 0.493 e. The van der Waals surface area contributed by atoms with Crippen molar-refractivity contribution in [2.75, 3.05) is 26.1 Å². The number of aromatic nitrogens is 1. The molecule has 8 heteroatoms. The molecule has 0 saturated heterocycles. The summed E-state index contributed by atoms with van der Waals surface area (Å²) in [5.74, 6) is 3.09. The number of rotatable bonds is 7. The highest BCUT2D eigenvalue weighted by Gasteiger charge is 2.09. The summed E-state index contributed by atoms with van der Waals surface area (Å²) in [7, 11) is 3.33. The van der Waals surface area contributed by atoms with E-state index in [1.54, 1.807) is 14.2 Å². The minimum atomic E-state index is 0. The van der Waals surface area contributed by atoms with Gasteiger partial charge in [0.1, 0.15) is 0 Å². The number of guanidine groups is 1. The summed E-state index contributed by atoms with van der Waals surface area (Å²) < 4.78 is 16.2. The maximum Gasteiger partial charge on any atom is 0.195 e. The molecule has 0 spiro atoms. The van der Waals surface area contributed by atoms with Crippen molar-refractivity contribution in [2.24, 2.45) is 4.99 Å². The summed E-state index contributed by atoms with van der Waals surface area (Å²) in [6.45, 7) is 7.17. The molecule has 2 aromatic rings. The standard InChI is InChI=1S/C18H26N4O3.HI/c1-6-24-16-8-7-13(9-17(16)23-5)21-18(19-4)20-11-14-10-15(12(2)3)22-25-14;/h7-10,12H,6,11H2,1-5H3,(H2,19,20,21);1H. The normalized spacial score (nSPS) is 11.1. The van der Waals surface area contributed by atoms with Gasteiger partial charge >= 0.3 is 0 Å². The first-order valence-electron chi connectivity index (χ1n) is 8.31. The average Bonchev–Trinajstić information content (AvgIpc) is 3.09. The van der Waals surface area contributed by atoms with Gasteiger partial charge in [-0.3, -0.25) is 4.99 Å². The number of methoxy groups -OCH3 is 1. The van der Waals surface area contributed by atoms with Crippen LogP contribution in [0.5, 0.6) is 11.5 Å². The van der Waals surface area contributed by atoms with Crippen molar-refractivity contribution in [1.29, 1.82) is 0 Å². The molecular formula is C18H27IN4O3. The molecule has 1 aromatic heterocycles. The average molecular weight is 474 g/mol. The number of halogens is 1. The summed E-state index contributed by atoms with van der Waals surface area (Å²) in [4.78, 5) is 4.21. The van der Waals surface area contributed by atoms with Crippen LogP contribution in [-0.2, 0) is 6.54 Å². The highest BCUT2D eigenvalue weighted by molar-refractivity contribution is 14.0. The number of nitrogens with one attached hydrogen (secondary N) is 2. The molecule has 0 fully saturated rings. The molecule has 0 bridgehead atoms. The lowest BCUT2D eigenvalue weighted by Gasteiger charge is -2.14. The molecule has 2 rings (SSSR count). The van der Waals surface area contributed by atoms with Crippen LogP contribution in [0, 0.1) is 0 Å². The fourth-order valence-electron chi connectivity index (χ4n) is 2.19. The topological polar surface area (TPSA) is 80.9 Å². The van der Waals surface area contributed by atoms with Gasteiger partial charge in [0, 0.05) is 24.9 Å². The number of hydrogen-bond acceptors (Lipinski definition) is 5. The molecule has 1 aromatic carbocycles. The lowest BCUT2D eigenvalue weighted by Crippen LogP contribution is -2.30. The number of aliphatic imine (C=N–C) groups is 1. The predicted octanol–water partition coefficient (Wildman–Crippen LogP) is 4.01. The Kier molecular flexibility index (Phi) is 9.25. The lowest BCUT2D eigenvalue weighted by atomic mass is 10.1. The molecule has 1 heterocycles. The van der Waals surface area contributed by atoms with Crippen molar-refractivity contribution in [2.45, 2.75) is 33.2 Å². The predicted molar refractivity (Wildman–Crippen MR) is 114 cm³/mol. The van der Waals surface area contributed by atoms with Crippen molar-refractivity contribution >= 4 is 35.6 Å². The van der Waals surface area contributed by atoms with Crippen LogP contribution in [0.1, 0.15) is 38.1 Å². The SMILES string of the molecule is CCOc1ccc(NC(=NC)NCc2cc(C(C)C)no2)cc1OC.I. The summed E-state index contributed by atoms with van der Waals surface area (Å²) in [6, 6.07) is 7.59. The third-order valence-corrected chi connectivity index (χ3v) is 3.55. The van der Waals surface area contributed by atoms with E-state index in [4.69, 9.17) is 14.0 Å². The Bertz CT molecular complexity index is 716. The molecule has 2 N–H and O–H groups in total. The van der Waals surface area contributed by atoms with Gasteiger partial charge in [-0.1, -0.05) is 19.0 Å². The van der Waals surface area contributed by atoms with Gasteiger partial charge in [-0.2, -0.15) is 0 Å². The van der Waals surface area contributed by atoms with E-state index in [-0.39, 0.29) is 24.0 Å². The van der Waals surface area contributed by atoms with E-state index in [2.05, 4.69) is 34.6 Å². The molecule has 0 aliphatic carbocycles. The van der Waals surface area contributed by atoms with Crippen LogP contribution in [0.15, 0.2) is 33.8 Å². The van der Waals surface area contributed by atoms with Crippen LogP contribution in [0.3, 0.4) is 0 Å². The van der Waals surface area contributed by atoms with Crippen LogP contribution in [0.2, 0.25) is 0 Å². The summed E-state index contributed by atoms with van der Waals surface area (Å²) in [5.41, 5.74) is 1.78. The van der Waals surface area contributed by atoms with E-state index < -0.39 is 0 Å². The van der Waals surface area contributed by atoms with Gasteiger partial charge in [-0.25, -0.2) is 0 Å². The lowest BCUT2D eigenvalue weighted by molar-refractivity contribution is 0.311. The third-order valence-electron chi connectivity index (χ3n) is 3.55. The maximum absolute atomic E-state index is 5.52. The summed E-state index contributed by atoms with van der Waals surface area (Å²) in [5, 5.41) is 10.5. The van der Waals surface area contributed by atoms with E-state index in [9.17, 15) is 0 Å². The summed E-state index contributed by atoms with van der Waals surface area (Å²) >= 11 is 0. The Hall–Kier alpha value is -1.97. The van der Waals surface area contributed by atoms with Crippen LogP contribution >= 0.6 is 24.0 Å². The highest BCUT2D eigenvalue weighted by atomic mass is 127. The zero-order valence-corrected chi connectivity index (χ0v) is 18.2. The molecule has 0 aliphatic heterocycles. The zero-order valence-electron chi connectivity index (χ0n) is 15.8. The second-order valence-corrected chi connectivity index (χ2v) is 5.72. The van der Waals surface area contributed by atoms with Gasteiger partial charge in [0.15, 0.2) is 23.2 Å². The fraction of sp³-hybridized carbons (Fsp3) is 0.444. The molecule has 7 nitrogen and oxygen atoms in total. The molecule has 0 atom stereocenters. The van der Waals surface area contributed by atoms with Gasteiger partial charge in [0.25, 0.3) is 0 Å². The fourth-order valence-corrected chi connectivity index (χ4v) is 2.19. The Labute approximate surface area is 171 Å². The Balaban J connectivity index is 0.00000338. The highest BCUT2D eigenvalue weighted by Crippen LogP contribution is 2.30. The van der Waals surface area contributed by atoms with E-state index >= 15 is 0 Å². The van der Waals surface area contributed by atoms with Crippen LogP contribution in [0.25, 0.3) is 0 Å². The van der Waals surface area contributed by atoms with Gasteiger partial charge in [-0.15, -0.1) is 24.0 Å². The first-order valence-corrected chi connectivity index (χ1v) is 8.31. The summed E-state index contributed by atoms with van der Waals surface area (Å²) in [6.07, 6.45) is 0. The maximum atomic E-state index is 5.52. The smallest absolute Gasteiger partial charge is 0.195 e. The Morgan fingerprint density at radius 2 is 2.04 bits per heavy atom. The van der Waals surface area contributed by atoms with Gasteiger partial charge in [0.2, 0.25) is 0 Å². The molecule has 26 heavy (non-hydrogen) atoms. The monoisotopic (exact) mass is 474 g/mol. The Morgan fingerprint density at radius 1 is 1.27 bits per heavy atom. The third kappa shape index (κ3) is 6.08. The number of nitrogens with zero attached hydrogens (tertiary/aromatic N) is 2. The number of ether oxygens (including phenoxy) is 2. The number of anilines is 1. The second kappa shape index (κ2) is 10.9. The number of hydrogen-bond donors (Lipinski definition) is 2. The van der Waals surface area contributed by atoms with Crippen molar-refractivity contribution < 1.29 is 14.0 Å². The van der Waals surface area contributed by atoms with Crippen molar-refractivity contribution in [3.05, 3.63) is 35.7 Å². The van der Waals surface area contributed by atoms with E-state index in [0.29, 0.717) is 36.5 Å². The van der Waals surface area contributed by atoms with Gasteiger partial charge < -0.3 is 24.6 Å². The van der Waals surface area contributed by atoms with Gasteiger partial charge in [-0.05, 0) is 25.0 Å². The molecule has 0 saturated carbocycles. The van der Waals surface area contributed by atoms with Crippen LogP contribution in [-0.4, -0.2) is 31.9 Å². The first kappa shape index (κ1) is 22.1. The quantitative estimate of drug-likeness (QED) is 0.359. The van der Waals surface area contributed by atoms with Crippen LogP contribution < -0.4 is 20.1 Å². The molecule has 0 aliphatic rings. The Morgan fingerprint density at radius 3 is 2.62 bits per heavy atom. The zero-order chi connectivity index (χ0) is 18.2. The van der Waals surface area contributed by atoms with E-state index in [1.807, 2.05) is 31.2 Å². The minimum Gasteiger partial charge on any atom is -0.493 e. The second-order valence-electron chi connectivity index (χ2n) is 5.72. The molecule has 144 valence electrons. The van der Waals surface area contributed by atoms with E-state index in [0.717, 1.165) is 17.1 Å². The van der Waals surface area contributed by atoms with Crippen molar-refractivity contribution in [3.63, 3.8) is 0 Å². The van der Waals surface area contributed by atoms with Crippen molar-refractivity contribution in [3.8, 4) is 11.5 Å². The van der Waals surface area contributed by atoms with Gasteiger partial charge in [0.05, 0.1) is 26.0 Å². The molecule has 0 amide bonds. The first-order chi connectivity index (χ1) is 12.1. The van der Waals surface area contributed by atoms with E-state index in [1.165, 1.54) is 0 Å². The molecular weight excluding hydrogens is 447 g/mol.